The third kappa shape index (κ3) is 3.64. The average Bonchev–Trinajstić information content (AvgIpc) is 3.60. The smallest absolute Gasteiger partial charge is 0.257 e. The van der Waals surface area contributed by atoms with Crippen LogP contribution in [-0.2, 0) is 0 Å². The van der Waals surface area contributed by atoms with Gasteiger partial charge in [-0.05, 0) is 37.1 Å². The maximum Gasteiger partial charge on any atom is 0.257 e. The van der Waals surface area contributed by atoms with Gasteiger partial charge in [-0.15, -0.1) is 12.3 Å². The minimum Gasteiger partial charge on any atom is -0.352 e. The predicted octanol–water partition coefficient (Wildman–Crippen LogP) is 3.31. The van der Waals surface area contributed by atoms with E-state index in [2.05, 4.69) is 31.6 Å². The lowest BCUT2D eigenvalue weighted by Crippen LogP contribution is -2.28. The van der Waals surface area contributed by atoms with Crippen molar-refractivity contribution in [2.45, 2.75) is 43.7 Å². The summed E-state index contributed by atoms with van der Waals surface area (Å²) in [5.41, 5.74) is 1.02. The van der Waals surface area contributed by atoms with Crippen molar-refractivity contribution in [1.82, 2.24) is 15.5 Å². The lowest BCUT2D eigenvalue weighted by Gasteiger charge is -2.10. The number of carbonyl (C=O) groups is 1. The topological polar surface area (TPSA) is 92.7 Å². The van der Waals surface area contributed by atoms with Crippen molar-refractivity contribution in [3.05, 3.63) is 35.7 Å². The highest BCUT2D eigenvalue weighted by Crippen LogP contribution is 2.39. The minimum absolute atomic E-state index is 0.131. The van der Waals surface area contributed by atoms with Crippen molar-refractivity contribution >= 4 is 5.91 Å². The standard InChI is InChI=1S/C19H19N5O2/c1-2-3-10-19(23-24-19)11-12-20-17(25)14-6-8-15(9-7-14)18-21-16(22-26-18)13-4-5-13/h1,6-9,13H,3-5,10-12H2,(H,20,25). The van der Waals surface area contributed by atoms with E-state index in [0.717, 1.165) is 30.7 Å². The van der Waals surface area contributed by atoms with Gasteiger partial charge in [-0.3, -0.25) is 4.79 Å². The second-order valence-electron chi connectivity index (χ2n) is 6.70. The Morgan fingerprint density at radius 1 is 1.27 bits per heavy atom. The number of benzene rings is 1. The number of carbonyl (C=O) groups excluding carboxylic acids is 1. The second-order valence-corrected chi connectivity index (χ2v) is 6.70. The molecular weight excluding hydrogens is 330 g/mol. The molecule has 0 saturated heterocycles. The van der Waals surface area contributed by atoms with Crippen LogP contribution in [0.2, 0.25) is 0 Å². The van der Waals surface area contributed by atoms with Crippen LogP contribution in [0.1, 0.15) is 54.2 Å². The van der Waals surface area contributed by atoms with E-state index < -0.39 is 0 Å². The first-order valence-corrected chi connectivity index (χ1v) is 8.79. The molecule has 0 radical (unpaired) electrons. The van der Waals surface area contributed by atoms with E-state index in [9.17, 15) is 4.79 Å². The van der Waals surface area contributed by atoms with E-state index in [1.54, 1.807) is 12.1 Å². The molecule has 1 saturated carbocycles. The van der Waals surface area contributed by atoms with Crippen LogP contribution in [0.4, 0.5) is 0 Å². The average molecular weight is 349 g/mol. The molecular formula is C19H19N5O2. The van der Waals surface area contributed by atoms with Crippen molar-refractivity contribution in [2.24, 2.45) is 10.2 Å². The zero-order valence-electron chi connectivity index (χ0n) is 14.3. The van der Waals surface area contributed by atoms with Crippen LogP contribution in [0.3, 0.4) is 0 Å². The van der Waals surface area contributed by atoms with Crippen LogP contribution in [-0.4, -0.2) is 28.3 Å². The summed E-state index contributed by atoms with van der Waals surface area (Å²) in [5, 5.41) is 15.0. The van der Waals surface area contributed by atoms with Gasteiger partial charge in [0.2, 0.25) is 0 Å². The molecule has 1 aliphatic heterocycles. The van der Waals surface area contributed by atoms with Crippen LogP contribution in [0, 0.1) is 12.3 Å². The van der Waals surface area contributed by atoms with Crippen LogP contribution in [0.15, 0.2) is 39.0 Å². The fraction of sp³-hybridized carbons (Fsp3) is 0.421. The molecule has 26 heavy (non-hydrogen) atoms. The molecule has 7 nitrogen and oxygen atoms in total. The number of hydrogen-bond donors (Lipinski definition) is 1. The molecule has 0 atom stereocenters. The van der Waals surface area contributed by atoms with E-state index in [1.165, 1.54) is 0 Å². The van der Waals surface area contributed by atoms with E-state index in [0.29, 0.717) is 36.8 Å². The molecule has 4 rings (SSSR count). The van der Waals surface area contributed by atoms with E-state index >= 15 is 0 Å². The fourth-order valence-corrected chi connectivity index (χ4v) is 2.77. The summed E-state index contributed by atoms with van der Waals surface area (Å²) in [6, 6.07) is 7.15. The van der Waals surface area contributed by atoms with Crippen molar-refractivity contribution in [3.8, 4) is 23.8 Å². The van der Waals surface area contributed by atoms with Crippen LogP contribution < -0.4 is 5.32 Å². The SMILES string of the molecule is C#CCCC1(CCNC(=O)c2ccc(-c3nc(C4CC4)no3)cc2)N=N1. The van der Waals surface area contributed by atoms with Gasteiger partial charge in [-0.25, -0.2) is 0 Å². The van der Waals surface area contributed by atoms with Gasteiger partial charge in [0.25, 0.3) is 11.8 Å². The van der Waals surface area contributed by atoms with Gasteiger partial charge in [0, 0.05) is 42.9 Å². The fourth-order valence-electron chi connectivity index (χ4n) is 2.77. The summed E-state index contributed by atoms with van der Waals surface area (Å²) in [5.74, 6) is 4.18. The summed E-state index contributed by atoms with van der Waals surface area (Å²) in [7, 11) is 0. The maximum atomic E-state index is 12.3. The van der Waals surface area contributed by atoms with Gasteiger partial charge in [0.15, 0.2) is 11.5 Å². The summed E-state index contributed by atoms with van der Waals surface area (Å²) < 4.78 is 5.30. The Balaban J connectivity index is 1.30. The zero-order chi connectivity index (χ0) is 18.0. The van der Waals surface area contributed by atoms with Crippen LogP contribution in [0.25, 0.3) is 11.5 Å². The Morgan fingerprint density at radius 2 is 2.04 bits per heavy atom. The lowest BCUT2D eigenvalue weighted by molar-refractivity contribution is 0.0952. The highest BCUT2D eigenvalue weighted by molar-refractivity contribution is 5.94. The van der Waals surface area contributed by atoms with Crippen LogP contribution >= 0.6 is 0 Å². The molecule has 0 bridgehead atoms. The molecule has 1 fully saturated rings. The zero-order valence-corrected chi connectivity index (χ0v) is 14.3. The lowest BCUT2D eigenvalue weighted by atomic mass is 10.0. The molecule has 2 aliphatic rings. The van der Waals surface area contributed by atoms with Gasteiger partial charge < -0.3 is 9.84 Å². The Morgan fingerprint density at radius 3 is 2.69 bits per heavy atom. The van der Waals surface area contributed by atoms with E-state index in [1.807, 2.05) is 12.1 Å². The highest BCUT2D eigenvalue weighted by Gasteiger charge is 2.38. The molecule has 132 valence electrons. The molecule has 2 heterocycles. The highest BCUT2D eigenvalue weighted by atomic mass is 16.5. The molecule has 2 aromatic rings. The summed E-state index contributed by atoms with van der Waals surface area (Å²) in [6.45, 7) is 0.507. The minimum atomic E-state index is -0.374. The largest absolute Gasteiger partial charge is 0.352 e. The Hall–Kier alpha value is -3.01. The van der Waals surface area contributed by atoms with Gasteiger partial charge in [-0.1, -0.05) is 5.16 Å². The number of amides is 1. The first-order chi connectivity index (χ1) is 12.7. The second kappa shape index (κ2) is 6.71. The molecule has 1 aliphatic carbocycles. The number of nitrogens with one attached hydrogen (secondary N) is 1. The third-order valence-corrected chi connectivity index (χ3v) is 4.64. The van der Waals surface area contributed by atoms with Gasteiger partial charge in [0.1, 0.15) is 0 Å². The van der Waals surface area contributed by atoms with Crippen molar-refractivity contribution in [3.63, 3.8) is 0 Å². The van der Waals surface area contributed by atoms with Gasteiger partial charge in [-0.2, -0.15) is 15.2 Å². The monoisotopic (exact) mass is 349 g/mol. The van der Waals surface area contributed by atoms with Crippen molar-refractivity contribution in [1.29, 1.82) is 0 Å². The molecule has 1 aromatic heterocycles. The molecule has 0 unspecified atom stereocenters. The number of nitrogens with zero attached hydrogens (tertiary/aromatic N) is 4. The van der Waals surface area contributed by atoms with E-state index in [4.69, 9.17) is 10.9 Å². The summed E-state index contributed by atoms with van der Waals surface area (Å²) >= 11 is 0. The molecule has 7 heteroatoms. The quantitative estimate of drug-likeness (QED) is 0.740. The Kier molecular flexibility index (Phi) is 4.25. The van der Waals surface area contributed by atoms with Gasteiger partial charge in [0.05, 0.1) is 0 Å². The summed E-state index contributed by atoms with van der Waals surface area (Å²) in [6.07, 6.45) is 9.57. The molecule has 1 aromatic carbocycles. The molecule has 1 N–H and O–H groups in total. The Bertz CT molecular complexity index is 868. The number of aromatic nitrogens is 2. The third-order valence-electron chi connectivity index (χ3n) is 4.64. The first-order valence-electron chi connectivity index (χ1n) is 8.79. The normalized spacial score (nSPS) is 16.9. The van der Waals surface area contributed by atoms with Crippen LogP contribution in [0.5, 0.6) is 0 Å². The molecule has 1 amide bonds. The number of hydrogen-bond acceptors (Lipinski definition) is 6. The van der Waals surface area contributed by atoms with Gasteiger partial charge >= 0.3 is 0 Å². The summed E-state index contributed by atoms with van der Waals surface area (Å²) in [4.78, 5) is 16.7. The predicted molar refractivity (Wildman–Crippen MR) is 94.3 cm³/mol. The van der Waals surface area contributed by atoms with Crippen molar-refractivity contribution in [2.75, 3.05) is 6.54 Å². The molecule has 0 spiro atoms. The Labute approximate surface area is 151 Å². The van der Waals surface area contributed by atoms with E-state index in [-0.39, 0.29) is 11.6 Å². The maximum absolute atomic E-state index is 12.3. The number of rotatable bonds is 8. The first kappa shape index (κ1) is 16.5. The number of terminal acetylenes is 1. The van der Waals surface area contributed by atoms with Crippen molar-refractivity contribution < 1.29 is 9.32 Å².